The van der Waals surface area contributed by atoms with E-state index in [0.717, 1.165) is 38.3 Å². The topological polar surface area (TPSA) is 43.2 Å². The normalized spacial score (nSPS) is 15.3. The minimum absolute atomic E-state index is 0.551. The Hall–Kier alpha value is -1.98. The number of pyridine rings is 1. The summed E-state index contributed by atoms with van der Waals surface area (Å²) in [5.41, 5.74) is 3.56. The van der Waals surface area contributed by atoms with E-state index in [9.17, 15) is 0 Å². The fourth-order valence-corrected chi connectivity index (χ4v) is 2.82. The van der Waals surface area contributed by atoms with Gasteiger partial charge in [0.25, 0.3) is 0 Å². The molecule has 1 aliphatic rings. The number of aryl methyl sites for hydroxylation is 1. The molecule has 3 heterocycles. The predicted octanol–water partition coefficient (Wildman–Crippen LogP) is 2.39. The monoisotopic (exact) mass is 298 g/mol. The Morgan fingerprint density at radius 2 is 2.32 bits per heavy atom. The Balaban J connectivity index is 1.70. The van der Waals surface area contributed by atoms with Gasteiger partial charge in [-0.25, -0.2) is 4.98 Å². The van der Waals surface area contributed by atoms with E-state index in [1.807, 2.05) is 24.8 Å². The van der Waals surface area contributed by atoms with Gasteiger partial charge < -0.3 is 9.30 Å². The van der Waals surface area contributed by atoms with Gasteiger partial charge in [0.1, 0.15) is 0 Å². The molecule has 0 fully saturated rings. The summed E-state index contributed by atoms with van der Waals surface area (Å²) in [6, 6.07) is 4.12. The molecule has 0 radical (unpaired) electrons. The molecule has 0 atom stereocenters. The van der Waals surface area contributed by atoms with Crippen LogP contribution in [0.2, 0.25) is 0 Å². The van der Waals surface area contributed by atoms with Crippen molar-refractivity contribution in [1.82, 2.24) is 19.4 Å². The van der Waals surface area contributed by atoms with E-state index in [4.69, 9.17) is 4.74 Å². The van der Waals surface area contributed by atoms with E-state index in [-0.39, 0.29) is 0 Å². The second-order valence-corrected chi connectivity index (χ2v) is 5.56. The predicted molar refractivity (Wildman–Crippen MR) is 85.0 cm³/mol. The van der Waals surface area contributed by atoms with E-state index >= 15 is 0 Å². The first kappa shape index (κ1) is 14.9. The molecule has 0 unspecified atom stereocenters. The maximum atomic E-state index is 5.57. The summed E-state index contributed by atoms with van der Waals surface area (Å²) >= 11 is 0. The van der Waals surface area contributed by atoms with Crippen LogP contribution in [0.5, 0.6) is 0 Å². The zero-order valence-corrected chi connectivity index (χ0v) is 12.8. The summed E-state index contributed by atoms with van der Waals surface area (Å²) in [7, 11) is 0. The maximum absolute atomic E-state index is 5.57. The molecule has 0 saturated heterocycles. The van der Waals surface area contributed by atoms with Gasteiger partial charge in [0, 0.05) is 38.6 Å². The van der Waals surface area contributed by atoms with Crippen molar-refractivity contribution < 1.29 is 4.74 Å². The Morgan fingerprint density at radius 3 is 3.14 bits per heavy atom. The summed E-state index contributed by atoms with van der Waals surface area (Å²) in [5.74, 6) is 0. The first-order chi connectivity index (χ1) is 10.9. The van der Waals surface area contributed by atoms with E-state index in [1.54, 1.807) is 6.08 Å². The van der Waals surface area contributed by atoms with Crippen molar-refractivity contribution in [3.63, 3.8) is 0 Å². The highest BCUT2D eigenvalue weighted by atomic mass is 16.5. The number of nitrogens with zero attached hydrogens (tertiary/aromatic N) is 4. The Morgan fingerprint density at radius 1 is 1.36 bits per heavy atom. The van der Waals surface area contributed by atoms with Gasteiger partial charge >= 0.3 is 0 Å². The summed E-state index contributed by atoms with van der Waals surface area (Å²) < 4.78 is 7.82. The molecule has 1 aliphatic heterocycles. The van der Waals surface area contributed by atoms with Gasteiger partial charge in [-0.2, -0.15) is 0 Å². The van der Waals surface area contributed by atoms with Gasteiger partial charge in [0.05, 0.1) is 30.9 Å². The van der Waals surface area contributed by atoms with Crippen molar-refractivity contribution in [3.05, 3.63) is 60.5 Å². The number of aromatic nitrogens is 3. The van der Waals surface area contributed by atoms with Crippen LogP contribution >= 0.6 is 0 Å². The summed E-state index contributed by atoms with van der Waals surface area (Å²) in [6.07, 6.45) is 8.60. The summed E-state index contributed by atoms with van der Waals surface area (Å²) in [4.78, 5) is 11.2. The molecular formula is C17H22N4O. The zero-order chi connectivity index (χ0) is 15.2. The minimum atomic E-state index is 0.551. The van der Waals surface area contributed by atoms with E-state index in [1.165, 1.54) is 11.3 Å². The van der Waals surface area contributed by atoms with Crippen molar-refractivity contribution in [1.29, 1.82) is 0 Å². The lowest BCUT2D eigenvalue weighted by Gasteiger charge is -2.20. The lowest BCUT2D eigenvalue weighted by atomic mass is 10.2. The van der Waals surface area contributed by atoms with Crippen LogP contribution in [-0.4, -0.2) is 32.6 Å². The van der Waals surface area contributed by atoms with Gasteiger partial charge in [-0.1, -0.05) is 12.1 Å². The van der Waals surface area contributed by atoms with Crippen LogP contribution in [0.4, 0.5) is 0 Å². The lowest BCUT2D eigenvalue weighted by Crippen LogP contribution is -2.23. The number of hydrogen-bond donors (Lipinski definition) is 0. The van der Waals surface area contributed by atoms with Crippen molar-refractivity contribution in [2.75, 3.05) is 13.2 Å². The first-order valence-electron chi connectivity index (χ1n) is 7.69. The fraction of sp³-hybridized carbons (Fsp3) is 0.412. The highest BCUT2D eigenvalue weighted by Crippen LogP contribution is 2.18. The second kappa shape index (κ2) is 7.33. The molecule has 0 aliphatic carbocycles. The second-order valence-electron chi connectivity index (χ2n) is 5.56. The quantitative estimate of drug-likeness (QED) is 0.607. The number of hydrogen-bond acceptors (Lipinski definition) is 4. The van der Waals surface area contributed by atoms with E-state index < -0.39 is 0 Å². The minimum Gasteiger partial charge on any atom is -0.371 e. The van der Waals surface area contributed by atoms with Crippen molar-refractivity contribution >= 4 is 0 Å². The van der Waals surface area contributed by atoms with Crippen LogP contribution in [0.1, 0.15) is 23.4 Å². The Labute approximate surface area is 131 Å². The molecule has 5 heteroatoms. The molecule has 0 amide bonds. The Bertz CT molecular complexity index is 608. The molecule has 0 spiro atoms. The third-order valence-corrected chi connectivity index (χ3v) is 3.88. The van der Waals surface area contributed by atoms with Crippen LogP contribution < -0.4 is 0 Å². The van der Waals surface area contributed by atoms with Crippen molar-refractivity contribution in [3.8, 4) is 0 Å². The highest BCUT2D eigenvalue weighted by molar-refractivity contribution is 5.15. The molecule has 0 bridgehead atoms. The van der Waals surface area contributed by atoms with Crippen LogP contribution in [0.3, 0.4) is 0 Å². The number of ether oxygens (including phenoxy) is 1. The van der Waals surface area contributed by atoms with Crippen LogP contribution in [0, 0.1) is 0 Å². The van der Waals surface area contributed by atoms with Gasteiger partial charge in [-0.3, -0.25) is 9.88 Å². The number of fused-ring (bicyclic) bond motifs is 1. The molecule has 3 rings (SSSR count). The smallest absolute Gasteiger partial charge is 0.0953 e. The summed E-state index contributed by atoms with van der Waals surface area (Å²) in [6.45, 7) is 8.72. The van der Waals surface area contributed by atoms with Gasteiger partial charge in [0.2, 0.25) is 0 Å². The fourth-order valence-electron chi connectivity index (χ4n) is 2.82. The molecule has 0 aromatic carbocycles. The highest BCUT2D eigenvalue weighted by Gasteiger charge is 2.18. The van der Waals surface area contributed by atoms with Crippen LogP contribution in [-0.2, 0) is 31.0 Å². The largest absolute Gasteiger partial charge is 0.371 e. The molecule has 0 saturated carbocycles. The maximum Gasteiger partial charge on any atom is 0.0953 e. The molecule has 0 N–H and O–H groups in total. The number of imidazole rings is 1. The standard InChI is InChI=1S/C17H22N4O/c1-2-9-22-13-16-17-12-20(7-4-8-21(17)14-19-16)11-15-5-3-6-18-10-15/h2-3,5-6,10,14H,1,4,7-9,11-13H2. The number of rotatable bonds is 6. The Kier molecular flexibility index (Phi) is 4.98. The summed E-state index contributed by atoms with van der Waals surface area (Å²) in [5, 5.41) is 0. The molecule has 116 valence electrons. The molecule has 2 aromatic heterocycles. The first-order valence-corrected chi connectivity index (χ1v) is 7.69. The third-order valence-electron chi connectivity index (χ3n) is 3.88. The molecule has 2 aromatic rings. The third kappa shape index (κ3) is 3.61. The van der Waals surface area contributed by atoms with Gasteiger partial charge in [-0.05, 0) is 18.1 Å². The van der Waals surface area contributed by atoms with Gasteiger partial charge in [-0.15, -0.1) is 6.58 Å². The van der Waals surface area contributed by atoms with Gasteiger partial charge in [0.15, 0.2) is 0 Å². The van der Waals surface area contributed by atoms with Crippen molar-refractivity contribution in [2.24, 2.45) is 0 Å². The average Bonchev–Trinajstić information content (AvgIpc) is 2.79. The zero-order valence-electron chi connectivity index (χ0n) is 12.8. The lowest BCUT2D eigenvalue weighted by molar-refractivity contribution is 0.144. The molecule has 5 nitrogen and oxygen atoms in total. The van der Waals surface area contributed by atoms with Crippen LogP contribution in [0.25, 0.3) is 0 Å². The SMILES string of the molecule is C=CCOCc1ncn2c1CN(Cc1cccnc1)CCC2. The van der Waals surface area contributed by atoms with E-state index in [2.05, 4.69) is 32.1 Å². The molecule has 22 heavy (non-hydrogen) atoms. The van der Waals surface area contributed by atoms with E-state index in [0.29, 0.717) is 13.2 Å². The average molecular weight is 298 g/mol. The van der Waals surface area contributed by atoms with Crippen molar-refractivity contribution in [2.45, 2.75) is 32.7 Å². The van der Waals surface area contributed by atoms with Crippen LogP contribution in [0.15, 0.2) is 43.5 Å². The molecular weight excluding hydrogens is 276 g/mol.